The average Bonchev–Trinajstić information content (AvgIpc) is 2.44. The summed E-state index contributed by atoms with van der Waals surface area (Å²) in [5.74, 6) is 1.22. The van der Waals surface area contributed by atoms with Crippen molar-refractivity contribution in [2.45, 2.75) is 59.9 Å². The number of carbonyl (C=O) groups is 1. The van der Waals surface area contributed by atoms with E-state index < -0.39 is 0 Å². The number of ether oxygens (including phenoxy) is 1. The summed E-state index contributed by atoms with van der Waals surface area (Å²) in [4.78, 5) is 14.3. The van der Waals surface area contributed by atoms with E-state index in [-0.39, 0.29) is 12.0 Å². The number of carbonyl (C=O) groups excluding carboxylic acids is 1. The lowest BCUT2D eigenvalue weighted by Gasteiger charge is -2.28. The van der Waals surface area contributed by atoms with E-state index in [1.807, 2.05) is 0 Å². The Morgan fingerprint density at radius 3 is 2.00 bits per heavy atom. The molecule has 21 heavy (non-hydrogen) atoms. The summed E-state index contributed by atoms with van der Waals surface area (Å²) in [6.45, 7) is 14.8. The first kappa shape index (κ1) is 20.4. The van der Waals surface area contributed by atoms with Crippen LogP contribution in [-0.4, -0.2) is 50.2 Å². The summed E-state index contributed by atoms with van der Waals surface area (Å²) in [6.07, 6.45) is 3.35. The molecule has 0 saturated carbocycles. The molecule has 1 unspecified atom stereocenters. The van der Waals surface area contributed by atoms with Crippen LogP contribution in [0.2, 0.25) is 0 Å². The summed E-state index contributed by atoms with van der Waals surface area (Å²) < 4.78 is 4.93. The van der Waals surface area contributed by atoms with Crippen molar-refractivity contribution in [3.05, 3.63) is 0 Å². The molecular weight excluding hydrogens is 264 g/mol. The summed E-state index contributed by atoms with van der Waals surface area (Å²) in [6, 6.07) is -0.214. The quantitative estimate of drug-likeness (QED) is 0.563. The maximum atomic E-state index is 11.9. The predicted octanol–water partition coefficient (Wildman–Crippen LogP) is 2.92. The second-order valence-electron chi connectivity index (χ2n) is 6.70. The van der Waals surface area contributed by atoms with E-state index in [2.05, 4.69) is 44.8 Å². The van der Waals surface area contributed by atoms with E-state index in [4.69, 9.17) is 4.74 Å². The normalized spacial score (nSPS) is 13.2. The largest absolute Gasteiger partial charge is 0.468 e. The Bertz CT molecular complexity index is 256. The Kier molecular flexibility index (Phi) is 11.6. The Balaban J connectivity index is 4.55. The van der Waals surface area contributed by atoms with Gasteiger partial charge in [-0.05, 0) is 50.7 Å². The Hall–Kier alpha value is -0.610. The minimum absolute atomic E-state index is 0.150. The molecule has 1 N–H and O–H groups in total. The number of hydrogen-bond donors (Lipinski definition) is 1. The molecular formula is C17H36N2O2. The van der Waals surface area contributed by atoms with Gasteiger partial charge in [-0.3, -0.25) is 4.79 Å². The molecule has 0 aliphatic rings. The zero-order chi connectivity index (χ0) is 16.3. The molecule has 0 spiro atoms. The lowest BCUT2D eigenvalue weighted by Crippen LogP contribution is -2.47. The molecule has 4 nitrogen and oxygen atoms in total. The number of nitrogens with one attached hydrogen (secondary N) is 1. The monoisotopic (exact) mass is 300 g/mol. The minimum atomic E-state index is -0.214. The van der Waals surface area contributed by atoms with Crippen LogP contribution in [0.5, 0.6) is 0 Å². The fraction of sp³-hybridized carbons (Fsp3) is 0.941. The molecule has 0 aliphatic heterocycles. The number of hydrogen-bond acceptors (Lipinski definition) is 4. The van der Waals surface area contributed by atoms with Gasteiger partial charge >= 0.3 is 5.97 Å². The molecule has 0 rings (SSSR count). The van der Waals surface area contributed by atoms with Gasteiger partial charge in [0.1, 0.15) is 6.04 Å². The molecule has 0 aliphatic carbocycles. The van der Waals surface area contributed by atoms with Gasteiger partial charge in [0, 0.05) is 6.54 Å². The predicted molar refractivity (Wildman–Crippen MR) is 89.4 cm³/mol. The Morgan fingerprint density at radius 1 is 1.10 bits per heavy atom. The van der Waals surface area contributed by atoms with E-state index in [0.29, 0.717) is 11.8 Å². The lowest BCUT2D eigenvalue weighted by atomic mass is 10.1. The third kappa shape index (κ3) is 10.7. The molecule has 1 atom stereocenters. The van der Waals surface area contributed by atoms with E-state index in [0.717, 1.165) is 32.6 Å². The second-order valence-corrected chi connectivity index (χ2v) is 6.70. The molecule has 4 heteroatoms. The number of nitrogens with zero attached hydrogens (tertiary/aromatic N) is 1. The zero-order valence-electron chi connectivity index (χ0n) is 14.9. The Morgan fingerprint density at radius 2 is 1.62 bits per heavy atom. The highest BCUT2D eigenvalue weighted by atomic mass is 16.5. The van der Waals surface area contributed by atoms with Crippen LogP contribution < -0.4 is 5.32 Å². The standard InChI is InChI=1S/C17H36N2O2/c1-7-10-18-16(17(20)21-6)13-19(11-8-14(2)3)12-9-15(4)5/h14-16,18H,7-13H2,1-6H3. The second kappa shape index (κ2) is 12.0. The Labute approximate surface area is 131 Å². The van der Waals surface area contributed by atoms with Gasteiger partial charge in [-0.25, -0.2) is 0 Å². The first-order valence-corrected chi connectivity index (χ1v) is 8.44. The van der Waals surface area contributed by atoms with Gasteiger partial charge in [0.25, 0.3) is 0 Å². The van der Waals surface area contributed by atoms with Crippen molar-refractivity contribution in [1.29, 1.82) is 0 Å². The molecule has 0 heterocycles. The molecule has 0 saturated heterocycles. The van der Waals surface area contributed by atoms with Crippen LogP contribution in [0.15, 0.2) is 0 Å². The molecule has 0 aromatic rings. The molecule has 0 aromatic heterocycles. The SMILES string of the molecule is CCCNC(CN(CCC(C)C)CCC(C)C)C(=O)OC. The van der Waals surface area contributed by atoms with Crippen LogP contribution in [-0.2, 0) is 9.53 Å². The zero-order valence-corrected chi connectivity index (χ0v) is 14.9. The smallest absolute Gasteiger partial charge is 0.324 e. The van der Waals surface area contributed by atoms with E-state index in [1.165, 1.54) is 20.0 Å². The van der Waals surface area contributed by atoms with E-state index in [1.54, 1.807) is 0 Å². The first-order chi connectivity index (χ1) is 9.90. The fourth-order valence-electron chi connectivity index (χ4n) is 2.12. The highest BCUT2D eigenvalue weighted by molar-refractivity contribution is 5.75. The van der Waals surface area contributed by atoms with Crippen molar-refractivity contribution >= 4 is 5.97 Å². The van der Waals surface area contributed by atoms with Crippen molar-refractivity contribution in [1.82, 2.24) is 10.2 Å². The summed E-state index contributed by atoms with van der Waals surface area (Å²) >= 11 is 0. The van der Waals surface area contributed by atoms with Gasteiger partial charge in [-0.1, -0.05) is 34.6 Å². The maximum Gasteiger partial charge on any atom is 0.324 e. The van der Waals surface area contributed by atoms with Crippen LogP contribution >= 0.6 is 0 Å². The van der Waals surface area contributed by atoms with Crippen LogP contribution in [0.4, 0.5) is 0 Å². The molecule has 0 bridgehead atoms. The lowest BCUT2D eigenvalue weighted by molar-refractivity contribution is -0.143. The summed E-state index contributed by atoms with van der Waals surface area (Å²) in [7, 11) is 1.47. The van der Waals surface area contributed by atoms with Gasteiger partial charge in [-0.2, -0.15) is 0 Å². The van der Waals surface area contributed by atoms with Crippen molar-refractivity contribution in [2.75, 3.05) is 33.3 Å². The van der Waals surface area contributed by atoms with Gasteiger partial charge in [0.2, 0.25) is 0 Å². The van der Waals surface area contributed by atoms with Gasteiger partial charge in [0.05, 0.1) is 7.11 Å². The molecule has 0 fully saturated rings. The highest BCUT2D eigenvalue weighted by Gasteiger charge is 2.21. The number of methoxy groups -OCH3 is 1. The van der Waals surface area contributed by atoms with Crippen molar-refractivity contribution in [3.63, 3.8) is 0 Å². The third-order valence-electron chi connectivity index (χ3n) is 3.61. The molecule has 0 aromatic carbocycles. The number of rotatable bonds is 12. The van der Waals surface area contributed by atoms with Crippen LogP contribution in [0.1, 0.15) is 53.9 Å². The highest BCUT2D eigenvalue weighted by Crippen LogP contribution is 2.08. The fourth-order valence-corrected chi connectivity index (χ4v) is 2.12. The number of esters is 1. The summed E-state index contributed by atoms with van der Waals surface area (Å²) in [5.41, 5.74) is 0. The molecule has 0 radical (unpaired) electrons. The molecule has 0 amide bonds. The van der Waals surface area contributed by atoms with Gasteiger partial charge < -0.3 is 15.0 Å². The van der Waals surface area contributed by atoms with Crippen LogP contribution in [0, 0.1) is 11.8 Å². The van der Waals surface area contributed by atoms with E-state index in [9.17, 15) is 4.79 Å². The summed E-state index contributed by atoms with van der Waals surface area (Å²) in [5, 5.41) is 3.31. The van der Waals surface area contributed by atoms with Crippen molar-refractivity contribution in [3.8, 4) is 0 Å². The average molecular weight is 300 g/mol. The van der Waals surface area contributed by atoms with Crippen molar-refractivity contribution < 1.29 is 9.53 Å². The van der Waals surface area contributed by atoms with Gasteiger partial charge in [0.15, 0.2) is 0 Å². The molecule has 126 valence electrons. The van der Waals surface area contributed by atoms with E-state index >= 15 is 0 Å². The van der Waals surface area contributed by atoms with Crippen molar-refractivity contribution in [2.24, 2.45) is 11.8 Å². The van der Waals surface area contributed by atoms with Gasteiger partial charge in [-0.15, -0.1) is 0 Å². The topological polar surface area (TPSA) is 41.6 Å². The van der Waals surface area contributed by atoms with Crippen LogP contribution in [0.25, 0.3) is 0 Å². The maximum absolute atomic E-state index is 11.9. The first-order valence-electron chi connectivity index (χ1n) is 8.44. The van der Waals surface area contributed by atoms with Crippen LogP contribution in [0.3, 0.4) is 0 Å². The third-order valence-corrected chi connectivity index (χ3v) is 3.61. The minimum Gasteiger partial charge on any atom is -0.468 e.